The van der Waals surface area contributed by atoms with Crippen molar-refractivity contribution in [3.8, 4) is 0 Å². The van der Waals surface area contributed by atoms with Crippen LogP contribution in [-0.2, 0) is 11.2 Å². The molecule has 0 aliphatic carbocycles. The van der Waals surface area contributed by atoms with Crippen LogP contribution in [-0.4, -0.2) is 10.7 Å². The number of aryl methyl sites for hydroxylation is 1. The zero-order valence-electron chi connectivity index (χ0n) is 9.77. The van der Waals surface area contributed by atoms with E-state index in [-0.39, 0.29) is 17.4 Å². The highest BCUT2D eigenvalue weighted by Gasteiger charge is 2.11. The number of nitro benzene ring substituents is 1. The summed E-state index contributed by atoms with van der Waals surface area (Å²) in [5.41, 5.74) is 0.973. The smallest absolute Gasteiger partial charge is 0.270 e. The average molecular weight is 300 g/mol. The van der Waals surface area contributed by atoms with Crippen molar-refractivity contribution in [2.24, 2.45) is 5.92 Å². The number of nitro groups is 1. The van der Waals surface area contributed by atoms with E-state index in [0.717, 1.165) is 5.56 Å². The third-order valence-electron chi connectivity index (χ3n) is 2.53. The van der Waals surface area contributed by atoms with Gasteiger partial charge in [-0.2, -0.15) is 0 Å². The van der Waals surface area contributed by atoms with E-state index in [1.54, 1.807) is 6.07 Å². The van der Waals surface area contributed by atoms with Crippen molar-refractivity contribution < 1.29 is 9.72 Å². The number of nitrogens with zero attached hydrogens (tertiary/aromatic N) is 1. The van der Waals surface area contributed by atoms with Gasteiger partial charge in [-0.25, -0.2) is 0 Å². The molecule has 0 radical (unpaired) electrons. The molecule has 0 spiro atoms. The number of Topliss-reactive ketones (excluding diaryl/α,β-unsaturated/α-hetero) is 1. The molecule has 0 atom stereocenters. The Morgan fingerprint density at radius 2 is 2.12 bits per heavy atom. The van der Waals surface area contributed by atoms with Crippen LogP contribution in [0.1, 0.15) is 25.8 Å². The Bertz CT molecular complexity index is 443. The van der Waals surface area contributed by atoms with Crippen molar-refractivity contribution in [2.45, 2.75) is 26.7 Å². The van der Waals surface area contributed by atoms with Crippen LogP contribution >= 0.6 is 15.9 Å². The first-order chi connectivity index (χ1) is 7.91. The van der Waals surface area contributed by atoms with Crippen LogP contribution in [0.2, 0.25) is 0 Å². The van der Waals surface area contributed by atoms with Crippen molar-refractivity contribution in [1.29, 1.82) is 0 Å². The maximum Gasteiger partial charge on any atom is 0.270 e. The van der Waals surface area contributed by atoms with Crippen LogP contribution in [0.15, 0.2) is 22.7 Å². The van der Waals surface area contributed by atoms with Gasteiger partial charge in [0, 0.05) is 28.9 Å². The topological polar surface area (TPSA) is 60.2 Å². The van der Waals surface area contributed by atoms with E-state index < -0.39 is 4.92 Å². The monoisotopic (exact) mass is 299 g/mol. The average Bonchev–Trinajstić information content (AvgIpc) is 2.26. The van der Waals surface area contributed by atoms with Gasteiger partial charge >= 0.3 is 0 Å². The van der Waals surface area contributed by atoms with Crippen molar-refractivity contribution in [3.05, 3.63) is 38.3 Å². The number of carbonyl (C=O) groups excluding carboxylic acids is 1. The minimum absolute atomic E-state index is 0.0341. The van der Waals surface area contributed by atoms with Gasteiger partial charge in [-0.3, -0.25) is 14.9 Å². The Balaban J connectivity index is 2.73. The lowest BCUT2D eigenvalue weighted by molar-refractivity contribution is -0.384. The van der Waals surface area contributed by atoms with Crippen LogP contribution < -0.4 is 0 Å². The molecular formula is C12H14BrNO3. The van der Waals surface area contributed by atoms with Crippen LogP contribution in [0.3, 0.4) is 0 Å². The molecule has 0 amide bonds. The summed E-state index contributed by atoms with van der Waals surface area (Å²) in [7, 11) is 0. The normalized spacial score (nSPS) is 10.6. The fraction of sp³-hybridized carbons (Fsp3) is 0.417. The maximum absolute atomic E-state index is 11.5. The summed E-state index contributed by atoms with van der Waals surface area (Å²) in [4.78, 5) is 21.6. The summed E-state index contributed by atoms with van der Waals surface area (Å²) in [5, 5.41) is 10.6. The summed E-state index contributed by atoms with van der Waals surface area (Å²) < 4.78 is 0.684. The minimum atomic E-state index is -0.437. The van der Waals surface area contributed by atoms with Gasteiger partial charge in [0.2, 0.25) is 0 Å². The SMILES string of the molecule is CC(C)C(=O)CCc1ccc([N+](=O)[O-])cc1Br. The van der Waals surface area contributed by atoms with E-state index in [1.807, 2.05) is 13.8 Å². The number of carbonyl (C=O) groups is 1. The lowest BCUT2D eigenvalue weighted by Gasteiger charge is -2.06. The third-order valence-corrected chi connectivity index (χ3v) is 3.27. The van der Waals surface area contributed by atoms with E-state index >= 15 is 0 Å². The van der Waals surface area contributed by atoms with Crippen molar-refractivity contribution in [1.82, 2.24) is 0 Å². The summed E-state index contributed by atoms with van der Waals surface area (Å²) in [6.07, 6.45) is 1.07. The lowest BCUT2D eigenvalue weighted by Crippen LogP contribution is -2.08. The van der Waals surface area contributed by atoms with Crippen molar-refractivity contribution >= 4 is 27.4 Å². The van der Waals surface area contributed by atoms with Gasteiger partial charge in [-0.15, -0.1) is 0 Å². The number of halogens is 1. The molecule has 1 aromatic rings. The predicted molar refractivity (Wildman–Crippen MR) is 69.0 cm³/mol. The number of hydrogen-bond donors (Lipinski definition) is 0. The minimum Gasteiger partial charge on any atom is -0.299 e. The van der Waals surface area contributed by atoms with Crippen LogP contribution in [0.5, 0.6) is 0 Å². The van der Waals surface area contributed by atoms with Gasteiger partial charge in [0.1, 0.15) is 5.78 Å². The zero-order chi connectivity index (χ0) is 13.0. The lowest BCUT2D eigenvalue weighted by atomic mass is 10.0. The second-order valence-corrected chi connectivity index (χ2v) is 5.01. The summed E-state index contributed by atoms with van der Waals surface area (Å²) >= 11 is 3.29. The van der Waals surface area contributed by atoms with Crippen LogP contribution in [0.25, 0.3) is 0 Å². The summed E-state index contributed by atoms with van der Waals surface area (Å²) in [6, 6.07) is 4.62. The first kappa shape index (κ1) is 13.8. The quantitative estimate of drug-likeness (QED) is 0.617. The Kier molecular flexibility index (Phi) is 4.81. The molecule has 0 N–H and O–H groups in total. The molecule has 0 unspecified atom stereocenters. The molecule has 0 heterocycles. The molecule has 4 nitrogen and oxygen atoms in total. The first-order valence-corrected chi connectivity index (χ1v) is 6.16. The van der Waals surface area contributed by atoms with Crippen LogP contribution in [0, 0.1) is 16.0 Å². The van der Waals surface area contributed by atoms with Crippen molar-refractivity contribution in [3.63, 3.8) is 0 Å². The summed E-state index contributed by atoms with van der Waals surface area (Å²) in [6.45, 7) is 3.74. The molecule has 0 aromatic heterocycles. The molecule has 17 heavy (non-hydrogen) atoms. The fourth-order valence-corrected chi connectivity index (χ4v) is 1.96. The highest BCUT2D eigenvalue weighted by atomic mass is 79.9. The molecule has 0 aliphatic rings. The molecule has 0 bridgehead atoms. The third kappa shape index (κ3) is 3.93. The molecule has 92 valence electrons. The number of hydrogen-bond acceptors (Lipinski definition) is 3. The van der Waals surface area contributed by atoms with E-state index in [0.29, 0.717) is 17.3 Å². The second-order valence-electron chi connectivity index (χ2n) is 4.15. The Labute approximate surface area is 108 Å². The number of rotatable bonds is 5. The predicted octanol–water partition coefficient (Wildman–Crippen LogP) is 3.52. The Morgan fingerprint density at radius 1 is 1.47 bits per heavy atom. The van der Waals surface area contributed by atoms with Crippen LogP contribution in [0.4, 0.5) is 5.69 Å². The number of ketones is 1. The second kappa shape index (κ2) is 5.91. The summed E-state index contributed by atoms with van der Waals surface area (Å²) in [5.74, 6) is 0.238. The van der Waals surface area contributed by atoms with E-state index in [9.17, 15) is 14.9 Å². The number of benzene rings is 1. The molecule has 1 aromatic carbocycles. The molecule has 0 aliphatic heterocycles. The van der Waals surface area contributed by atoms with Gasteiger partial charge in [0.05, 0.1) is 4.92 Å². The van der Waals surface area contributed by atoms with Crippen molar-refractivity contribution in [2.75, 3.05) is 0 Å². The standard InChI is InChI=1S/C12H14BrNO3/c1-8(2)12(15)6-4-9-3-5-10(14(16)17)7-11(9)13/h3,5,7-8H,4,6H2,1-2H3. The zero-order valence-corrected chi connectivity index (χ0v) is 11.4. The van der Waals surface area contributed by atoms with E-state index in [2.05, 4.69) is 15.9 Å². The molecule has 5 heteroatoms. The first-order valence-electron chi connectivity index (χ1n) is 5.37. The van der Waals surface area contributed by atoms with Gasteiger partial charge < -0.3 is 0 Å². The largest absolute Gasteiger partial charge is 0.299 e. The van der Waals surface area contributed by atoms with Gasteiger partial charge in [0.15, 0.2) is 0 Å². The van der Waals surface area contributed by atoms with Gasteiger partial charge in [0.25, 0.3) is 5.69 Å². The maximum atomic E-state index is 11.5. The molecule has 0 fully saturated rings. The fourth-order valence-electron chi connectivity index (χ4n) is 1.40. The molecule has 0 saturated heterocycles. The highest BCUT2D eigenvalue weighted by molar-refractivity contribution is 9.10. The Morgan fingerprint density at radius 3 is 2.59 bits per heavy atom. The van der Waals surface area contributed by atoms with E-state index in [4.69, 9.17) is 0 Å². The molecule has 1 rings (SSSR count). The molecule has 0 saturated carbocycles. The number of non-ortho nitro benzene ring substituents is 1. The van der Waals surface area contributed by atoms with E-state index in [1.165, 1.54) is 12.1 Å². The van der Waals surface area contributed by atoms with Gasteiger partial charge in [-0.05, 0) is 12.0 Å². The molecular weight excluding hydrogens is 286 g/mol. The Hall–Kier alpha value is -1.23. The van der Waals surface area contributed by atoms with Gasteiger partial charge in [-0.1, -0.05) is 35.8 Å². The highest BCUT2D eigenvalue weighted by Crippen LogP contribution is 2.24.